The van der Waals surface area contributed by atoms with Crippen molar-refractivity contribution in [1.29, 1.82) is 0 Å². The Hall–Kier alpha value is -0.0300. The third-order valence-electron chi connectivity index (χ3n) is 2.94. The average Bonchev–Trinajstić information content (AvgIpc) is 2.32. The van der Waals surface area contributed by atoms with Gasteiger partial charge in [0.05, 0.1) is 18.4 Å². The van der Waals surface area contributed by atoms with E-state index in [9.17, 15) is 27.7 Å². The van der Waals surface area contributed by atoms with Crippen LogP contribution in [0.4, 0.5) is 0 Å². The van der Waals surface area contributed by atoms with Crippen molar-refractivity contribution in [1.82, 2.24) is 0 Å². The van der Waals surface area contributed by atoms with Gasteiger partial charge in [0.25, 0.3) is 5.12 Å². The van der Waals surface area contributed by atoms with Gasteiger partial charge >= 0.3 is 35.5 Å². The van der Waals surface area contributed by atoms with E-state index in [4.69, 9.17) is 4.74 Å². The van der Waals surface area contributed by atoms with Gasteiger partial charge in [-0.25, -0.2) is 8.42 Å². The smallest absolute Gasteiger partial charge is 0.744 e. The fraction of sp³-hybridized carbons (Fsp3) is 0.833. The predicted molar refractivity (Wildman–Crippen MR) is 70.9 cm³/mol. The van der Waals surface area contributed by atoms with Gasteiger partial charge in [0, 0.05) is 0 Å². The largest absolute Gasteiger partial charge is 1.00 e. The van der Waals surface area contributed by atoms with Gasteiger partial charge in [0.2, 0.25) is 0 Å². The van der Waals surface area contributed by atoms with E-state index in [0.717, 1.165) is 6.92 Å². The standard InChI is InChI=1S/C12H22O8S.Na/c1-5-11(3,4)10(14)19-6-7-20-12(15,8-9(2)13)21(16,17)18;/h15H,5-8H2,1-4H3,(H,16,17,18);/q;+1/p-1. The van der Waals surface area contributed by atoms with Crippen LogP contribution in [0.3, 0.4) is 0 Å². The van der Waals surface area contributed by atoms with E-state index < -0.39 is 45.4 Å². The Bertz CT molecular complexity index is 487. The van der Waals surface area contributed by atoms with E-state index in [0.29, 0.717) is 6.42 Å². The van der Waals surface area contributed by atoms with Crippen LogP contribution in [-0.2, 0) is 29.2 Å². The maximum atomic E-state index is 11.6. The molecule has 124 valence electrons. The number of carbonyl (C=O) groups excluding carboxylic acids is 2. The topological polar surface area (TPSA) is 130 Å². The monoisotopic (exact) mass is 348 g/mol. The summed E-state index contributed by atoms with van der Waals surface area (Å²) in [5.41, 5.74) is -0.708. The van der Waals surface area contributed by atoms with Crippen LogP contribution >= 0.6 is 0 Å². The fourth-order valence-electron chi connectivity index (χ4n) is 1.20. The molecule has 0 spiro atoms. The first-order valence-electron chi connectivity index (χ1n) is 6.34. The van der Waals surface area contributed by atoms with Gasteiger partial charge < -0.3 is 19.1 Å². The molecule has 0 aliphatic heterocycles. The van der Waals surface area contributed by atoms with Crippen LogP contribution in [0.1, 0.15) is 40.5 Å². The van der Waals surface area contributed by atoms with Crippen LogP contribution in [0.25, 0.3) is 0 Å². The zero-order valence-corrected chi connectivity index (χ0v) is 16.4. The second-order valence-corrected chi connectivity index (χ2v) is 6.81. The van der Waals surface area contributed by atoms with Crippen LogP contribution in [0.2, 0.25) is 0 Å². The molecule has 10 heteroatoms. The van der Waals surface area contributed by atoms with Crippen molar-refractivity contribution in [2.75, 3.05) is 13.2 Å². The number of hydrogen-bond acceptors (Lipinski definition) is 8. The summed E-state index contributed by atoms with van der Waals surface area (Å²) in [6, 6.07) is 0. The molecule has 8 nitrogen and oxygen atoms in total. The number of ketones is 1. The second kappa shape index (κ2) is 9.31. The molecular weight excluding hydrogens is 327 g/mol. The van der Waals surface area contributed by atoms with Crippen LogP contribution in [-0.4, -0.2) is 48.2 Å². The zero-order valence-electron chi connectivity index (χ0n) is 13.5. The van der Waals surface area contributed by atoms with E-state index in [2.05, 4.69) is 4.74 Å². The van der Waals surface area contributed by atoms with Gasteiger partial charge in [0.1, 0.15) is 12.4 Å². The van der Waals surface area contributed by atoms with Crippen LogP contribution in [0, 0.1) is 5.41 Å². The van der Waals surface area contributed by atoms with Crippen LogP contribution < -0.4 is 29.6 Å². The molecule has 0 saturated carbocycles. The number of hydrogen-bond donors (Lipinski definition) is 1. The van der Waals surface area contributed by atoms with E-state index in [1.54, 1.807) is 20.8 Å². The normalized spacial score (nSPS) is 14.6. The fourth-order valence-corrected chi connectivity index (χ4v) is 1.81. The van der Waals surface area contributed by atoms with Gasteiger partial charge in [-0.2, -0.15) is 0 Å². The maximum Gasteiger partial charge on any atom is 1.00 e. The number of aliphatic hydroxyl groups is 1. The molecule has 0 bridgehead atoms. The molecule has 0 radical (unpaired) electrons. The second-order valence-electron chi connectivity index (χ2n) is 5.27. The van der Waals surface area contributed by atoms with Crippen molar-refractivity contribution in [3.8, 4) is 0 Å². The molecule has 0 aromatic carbocycles. The Kier molecular flexibility index (Phi) is 10.3. The molecule has 0 amide bonds. The molecule has 0 aromatic rings. The van der Waals surface area contributed by atoms with Gasteiger partial charge in [-0.3, -0.25) is 9.59 Å². The minimum atomic E-state index is -5.27. The zero-order chi connectivity index (χ0) is 16.9. The van der Waals surface area contributed by atoms with Gasteiger partial charge in [-0.1, -0.05) is 6.92 Å². The Morgan fingerprint density at radius 1 is 1.23 bits per heavy atom. The summed E-state index contributed by atoms with van der Waals surface area (Å²) in [7, 11) is -5.27. The molecule has 1 N–H and O–H groups in total. The predicted octanol–water partition coefficient (Wildman–Crippen LogP) is -2.84. The van der Waals surface area contributed by atoms with Crippen molar-refractivity contribution >= 4 is 21.9 Å². The number of carbonyl (C=O) groups is 2. The summed E-state index contributed by atoms with van der Waals surface area (Å²) in [4.78, 5) is 22.5. The van der Waals surface area contributed by atoms with Gasteiger partial charge in [-0.15, -0.1) is 0 Å². The van der Waals surface area contributed by atoms with Crippen molar-refractivity contribution < 1.29 is 66.7 Å². The molecular formula is C12H21NaO8S. The first-order chi connectivity index (χ1) is 9.35. The summed E-state index contributed by atoms with van der Waals surface area (Å²) in [6.45, 7) is 5.26. The number of esters is 1. The Balaban J connectivity index is 0. The summed E-state index contributed by atoms with van der Waals surface area (Å²) in [6.07, 6.45) is -0.455. The summed E-state index contributed by atoms with van der Waals surface area (Å²) < 4.78 is 42.2. The summed E-state index contributed by atoms with van der Waals surface area (Å²) in [5.74, 6) is -1.25. The third kappa shape index (κ3) is 7.49. The molecule has 0 rings (SSSR count). The van der Waals surface area contributed by atoms with E-state index in [1.807, 2.05) is 0 Å². The molecule has 0 saturated heterocycles. The Labute approximate surface area is 152 Å². The van der Waals surface area contributed by atoms with E-state index in [-0.39, 0.29) is 36.2 Å². The van der Waals surface area contributed by atoms with Crippen molar-refractivity contribution in [3.63, 3.8) is 0 Å². The first kappa shape index (κ1) is 24.2. The molecule has 0 heterocycles. The van der Waals surface area contributed by atoms with Crippen LogP contribution in [0.5, 0.6) is 0 Å². The molecule has 1 atom stereocenters. The maximum absolute atomic E-state index is 11.6. The van der Waals surface area contributed by atoms with Crippen molar-refractivity contribution in [2.45, 2.75) is 45.7 Å². The molecule has 0 aliphatic rings. The average molecular weight is 348 g/mol. The number of Topliss-reactive ketones (excluding diaryl/α,β-unsaturated/α-hetero) is 1. The van der Waals surface area contributed by atoms with Crippen LogP contribution in [0.15, 0.2) is 0 Å². The van der Waals surface area contributed by atoms with Gasteiger partial charge in [0.15, 0.2) is 10.1 Å². The molecule has 0 aliphatic carbocycles. The molecule has 0 fully saturated rings. The van der Waals surface area contributed by atoms with Gasteiger partial charge in [-0.05, 0) is 27.2 Å². The Morgan fingerprint density at radius 2 is 1.73 bits per heavy atom. The molecule has 22 heavy (non-hydrogen) atoms. The number of rotatable bonds is 9. The summed E-state index contributed by atoms with van der Waals surface area (Å²) in [5, 5.41) is 6.46. The van der Waals surface area contributed by atoms with E-state index in [1.165, 1.54) is 0 Å². The minimum absolute atomic E-state index is 0. The Morgan fingerprint density at radius 3 is 2.09 bits per heavy atom. The summed E-state index contributed by atoms with van der Waals surface area (Å²) >= 11 is 0. The SMILES string of the molecule is CCC(C)(C)C(=O)OCCOC(O)(CC(C)=O)S(=O)(=O)[O-].[Na+]. The minimum Gasteiger partial charge on any atom is -0.744 e. The first-order valence-corrected chi connectivity index (χ1v) is 7.75. The third-order valence-corrected chi connectivity index (χ3v) is 3.99. The van der Waals surface area contributed by atoms with Crippen molar-refractivity contribution in [2.24, 2.45) is 5.41 Å². The molecule has 1 unspecified atom stereocenters. The number of ether oxygens (including phenoxy) is 2. The molecule has 0 aromatic heterocycles. The quantitative estimate of drug-likeness (QED) is 0.155. The van der Waals surface area contributed by atoms with Crippen molar-refractivity contribution in [3.05, 3.63) is 0 Å². The van der Waals surface area contributed by atoms with E-state index >= 15 is 0 Å².